The summed E-state index contributed by atoms with van der Waals surface area (Å²) in [5, 5.41) is 2.68. The zero-order valence-corrected chi connectivity index (χ0v) is 17.0. The Balaban J connectivity index is 1.64. The Morgan fingerprint density at radius 2 is 1.48 bits per heavy atom. The van der Waals surface area contributed by atoms with Gasteiger partial charge in [-0.15, -0.1) is 0 Å². The van der Waals surface area contributed by atoms with Crippen LogP contribution in [-0.4, -0.2) is 20.9 Å². The van der Waals surface area contributed by atoms with Crippen molar-refractivity contribution >= 4 is 27.3 Å². The van der Waals surface area contributed by atoms with Crippen molar-refractivity contribution in [2.24, 2.45) is 0 Å². The number of para-hydroxylation sites is 2. The maximum atomic E-state index is 12.7. The molecule has 0 aliphatic carbocycles. The fourth-order valence-electron chi connectivity index (χ4n) is 2.75. The van der Waals surface area contributed by atoms with E-state index in [0.29, 0.717) is 17.1 Å². The summed E-state index contributed by atoms with van der Waals surface area (Å²) in [5.74, 6) is 0.264. The van der Waals surface area contributed by atoms with Crippen LogP contribution in [0.5, 0.6) is 5.75 Å². The minimum atomic E-state index is -3.74. The molecule has 29 heavy (non-hydrogen) atoms. The molecule has 3 rings (SSSR count). The summed E-state index contributed by atoms with van der Waals surface area (Å²) in [7, 11) is -3.74. The molecule has 7 heteroatoms. The van der Waals surface area contributed by atoms with Crippen molar-refractivity contribution in [1.29, 1.82) is 0 Å². The van der Waals surface area contributed by atoms with Gasteiger partial charge in [0.2, 0.25) is 0 Å². The van der Waals surface area contributed by atoms with Crippen molar-refractivity contribution in [2.45, 2.75) is 18.7 Å². The van der Waals surface area contributed by atoms with Gasteiger partial charge in [0.1, 0.15) is 5.75 Å². The maximum Gasteiger partial charge on any atom is 0.262 e. The van der Waals surface area contributed by atoms with Crippen LogP contribution in [0.4, 0.5) is 11.4 Å². The summed E-state index contributed by atoms with van der Waals surface area (Å²) in [4.78, 5) is 12.1. The quantitative estimate of drug-likeness (QED) is 0.614. The van der Waals surface area contributed by atoms with E-state index in [-0.39, 0.29) is 17.4 Å². The molecule has 0 heterocycles. The Morgan fingerprint density at radius 1 is 0.862 bits per heavy atom. The van der Waals surface area contributed by atoms with Gasteiger partial charge in [0, 0.05) is 5.69 Å². The summed E-state index contributed by atoms with van der Waals surface area (Å²) in [6.07, 6.45) is 0. The number of carbonyl (C=O) groups is 1. The third-order valence-corrected chi connectivity index (χ3v) is 5.64. The number of hydrogen-bond donors (Lipinski definition) is 2. The van der Waals surface area contributed by atoms with Gasteiger partial charge in [-0.25, -0.2) is 8.42 Å². The third-order valence-electron chi connectivity index (χ3n) is 4.28. The van der Waals surface area contributed by atoms with Crippen molar-refractivity contribution < 1.29 is 17.9 Å². The van der Waals surface area contributed by atoms with Crippen LogP contribution in [0.2, 0.25) is 0 Å². The smallest absolute Gasteiger partial charge is 0.262 e. The summed E-state index contributed by atoms with van der Waals surface area (Å²) in [6.45, 7) is 3.56. The van der Waals surface area contributed by atoms with Crippen LogP contribution in [0.3, 0.4) is 0 Å². The minimum Gasteiger partial charge on any atom is -0.484 e. The molecule has 0 unspecified atom stereocenters. The van der Waals surface area contributed by atoms with Gasteiger partial charge in [-0.05, 0) is 61.4 Å². The third kappa shape index (κ3) is 5.36. The molecule has 3 aromatic rings. The monoisotopic (exact) mass is 410 g/mol. The van der Waals surface area contributed by atoms with Gasteiger partial charge in [-0.2, -0.15) is 0 Å². The van der Waals surface area contributed by atoms with Gasteiger partial charge in [0.05, 0.1) is 10.6 Å². The first-order valence-electron chi connectivity index (χ1n) is 9.02. The molecule has 0 fully saturated rings. The van der Waals surface area contributed by atoms with Crippen molar-refractivity contribution in [3.63, 3.8) is 0 Å². The van der Waals surface area contributed by atoms with E-state index < -0.39 is 10.0 Å². The van der Waals surface area contributed by atoms with E-state index in [1.165, 1.54) is 12.1 Å². The molecule has 1 amide bonds. The predicted molar refractivity (Wildman–Crippen MR) is 114 cm³/mol. The fraction of sp³-hybridized carbons (Fsp3) is 0.136. The summed E-state index contributed by atoms with van der Waals surface area (Å²) in [6, 6.07) is 20.6. The molecular formula is C22H22N2O4S. The zero-order chi connectivity index (χ0) is 20.9. The number of carbonyl (C=O) groups excluding carboxylic acids is 1. The Morgan fingerprint density at radius 3 is 2.10 bits per heavy atom. The van der Waals surface area contributed by atoms with E-state index in [9.17, 15) is 13.2 Å². The van der Waals surface area contributed by atoms with Gasteiger partial charge in [-0.3, -0.25) is 9.52 Å². The highest BCUT2D eigenvalue weighted by molar-refractivity contribution is 7.92. The Labute approximate surface area is 170 Å². The molecule has 2 N–H and O–H groups in total. The molecule has 0 aliphatic rings. The lowest BCUT2D eigenvalue weighted by Gasteiger charge is -2.13. The molecule has 0 aliphatic heterocycles. The Kier molecular flexibility index (Phi) is 6.19. The van der Waals surface area contributed by atoms with E-state index in [1.54, 1.807) is 24.3 Å². The molecule has 0 spiro atoms. The first-order valence-corrected chi connectivity index (χ1v) is 10.5. The molecule has 0 atom stereocenters. The van der Waals surface area contributed by atoms with Crippen LogP contribution in [0, 0.1) is 13.8 Å². The summed E-state index contributed by atoms with van der Waals surface area (Å²) >= 11 is 0. The highest BCUT2D eigenvalue weighted by Gasteiger charge is 2.16. The number of hydrogen-bond acceptors (Lipinski definition) is 4. The van der Waals surface area contributed by atoms with Crippen LogP contribution in [0.15, 0.2) is 77.7 Å². The van der Waals surface area contributed by atoms with Gasteiger partial charge >= 0.3 is 0 Å². The van der Waals surface area contributed by atoms with Gasteiger partial charge < -0.3 is 10.1 Å². The second-order valence-corrected chi connectivity index (χ2v) is 8.23. The van der Waals surface area contributed by atoms with Crippen molar-refractivity contribution in [1.82, 2.24) is 0 Å². The predicted octanol–water partition coefficient (Wildman–Crippen LogP) is 4.12. The number of anilines is 2. The Hall–Kier alpha value is -3.32. The van der Waals surface area contributed by atoms with Crippen LogP contribution in [0.25, 0.3) is 0 Å². The first kappa shape index (κ1) is 20.4. The molecule has 0 saturated heterocycles. The fourth-order valence-corrected chi connectivity index (χ4v) is 3.95. The number of rotatable bonds is 7. The van der Waals surface area contributed by atoms with Gasteiger partial charge in [-0.1, -0.05) is 36.4 Å². The highest BCUT2D eigenvalue weighted by Crippen LogP contribution is 2.24. The number of amides is 1. The molecule has 0 saturated carbocycles. The first-order chi connectivity index (χ1) is 13.8. The molecule has 150 valence electrons. The summed E-state index contributed by atoms with van der Waals surface area (Å²) in [5.41, 5.74) is 2.74. The average Bonchev–Trinajstić information content (AvgIpc) is 2.71. The highest BCUT2D eigenvalue weighted by atomic mass is 32.2. The van der Waals surface area contributed by atoms with Crippen LogP contribution in [-0.2, 0) is 14.8 Å². The molecule has 0 bridgehead atoms. The van der Waals surface area contributed by atoms with Crippen LogP contribution < -0.4 is 14.8 Å². The van der Waals surface area contributed by atoms with Crippen LogP contribution >= 0.6 is 0 Å². The van der Waals surface area contributed by atoms with Crippen molar-refractivity contribution in [3.8, 4) is 5.75 Å². The van der Waals surface area contributed by atoms with Crippen LogP contribution in [0.1, 0.15) is 11.1 Å². The minimum absolute atomic E-state index is 0.110. The van der Waals surface area contributed by atoms with Crippen molar-refractivity contribution in [3.05, 3.63) is 83.9 Å². The SMILES string of the molecule is Cc1cccc(C)c1NS(=O)(=O)c1ccc(NC(=O)COc2ccccc2)cc1. The van der Waals surface area contributed by atoms with E-state index >= 15 is 0 Å². The normalized spacial score (nSPS) is 11.0. The second kappa shape index (κ2) is 8.79. The summed E-state index contributed by atoms with van der Waals surface area (Å²) < 4.78 is 33.4. The largest absolute Gasteiger partial charge is 0.484 e. The molecule has 0 aromatic heterocycles. The van der Waals surface area contributed by atoms with E-state index in [1.807, 2.05) is 50.2 Å². The van der Waals surface area contributed by atoms with Gasteiger partial charge in [0.15, 0.2) is 6.61 Å². The molecule has 0 radical (unpaired) electrons. The van der Waals surface area contributed by atoms with Crippen molar-refractivity contribution in [2.75, 3.05) is 16.6 Å². The maximum absolute atomic E-state index is 12.7. The zero-order valence-electron chi connectivity index (χ0n) is 16.2. The van der Waals surface area contributed by atoms with E-state index in [2.05, 4.69) is 10.0 Å². The molecule has 6 nitrogen and oxygen atoms in total. The lowest BCUT2D eigenvalue weighted by Crippen LogP contribution is -2.20. The standard InChI is InChI=1S/C22H22N2O4S/c1-16-7-6-8-17(2)22(16)24-29(26,27)20-13-11-18(12-14-20)23-21(25)15-28-19-9-4-3-5-10-19/h3-14,24H,15H2,1-2H3,(H,23,25). The average molecular weight is 410 g/mol. The second-order valence-electron chi connectivity index (χ2n) is 6.55. The molecule has 3 aromatic carbocycles. The van der Waals surface area contributed by atoms with Gasteiger partial charge in [0.25, 0.3) is 15.9 Å². The number of benzene rings is 3. The number of ether oxygens (including phenoxy) is 1. The lowest BCUT2D eigenvalue weighted by molar-refractivity contribution is -0.118. The lowest BCUT2D eigenvalue weighted by atomic mass is 10.1. The number of sulfonamides is 1. The van der Waals surface area contributed by atoms with E-state index in [0.717, 1.165) is 11.1 Å². The molecular weight excluding hydrogens is 388 g/mol. The number of aryl methyl sites for hydroxylation is 2. The van der Waals surface area contributed by atoms with E-state index in [4.69, 9.17) is 4.74 Å². The Bertz CT molecular complexity index is 1080. The topological polar surface area (TPSA) is 84.5 Å². The number of nitrogens with one attached hydrogen (secondary N) is 2.